The molecule has 3 aliphatic rings. The summed E-state index contributed by atoms with van der Waals surface area (Å²) in [5.74, 6) is 0.310. The Morgan fingerprint density at radius 3 is 2.39 bits per heavy atom. The van der Waals surface area contributed by atoms with Crippen LogP contribution in [0, 0.1) is 0 Å². The lowest BCUT2D eigenvalue weighted by Gasteiger charge is -2.34. The Kier molecular flexibility index (Phi) is 6.95. The first-order valence-corrected chi connectivity index (χ1v) is 15.1. The molecule has 1 amide bonds. The van der Waals surface area contributed by atoms with Gasteiger partial charge in [-0.1, -0.05) is 24.6 Å². The lowest BCUT2D eigenvalue weighted by molar-refractivity contribution is -0.132. The summed E-state index contributed by atoms with van der Waals surface area (Å²) in [4.78, 5) is 19.3. The summed E-state index contributed by atoms with van der Waals surface area (Å²) < 4.78 is 50.6. The molecule has 0 unspecified atom stereocenters. The standard InChI is InChI=1S/C20H29N3O5S3/c24-20(23(16-5-1-2-6-16)17-9-12-30(25,26)15-17)14-29-19-8-7-18(13-21-19)31(27,28)22-10-3-4-11-22/h7-8,13,16-17H,1-6,9-12,14-15H2/t17-/m1/s1. The summed E-state index contributed by atoms with van der Waals surface area (Å²) >= 11 is 1.27. The van der Waals surface area contributed by atoms with E-state index in [4.69, 9.17) is 0 Å². The summed E-state index contributed by atoms with van der Waals surface area (Å²) in [7, 11) is -6.57. The number of amides is 1. The molecule has 0 bridgehead atoms. The fraction of sp³-hybridized carbons (Fsp3) is 0.700. The molecule has 0 N–H and O–H groups in total. The molecule has 1 aliphatic carbocycles. The van der Waals surface area contributed by atoms with E-state index in [-0.39, 0.29) is 40.1 Å². The highest BCUT2D eigenvalue weighted by molar-refractivity contribution is 7.99. The molecule has 8 nitrogen and oxygen atoms in total. The summed E-state index contributed by atoms with van der Waals surface area (Å²) in [6.45, 7) is 1.09. The van der Waals surface area contributed by atoms with Crippen molar-refractivity contribution in [3.05, 3.63) is 18.3 Å². The third-order valence-electron chi connectivity index (χ3n) is 6.36. The Balaban J connectivity index is 1.40. The van der Waals surface area contributed by atoms with Crippen molar-refractivity contribution in [1.29, 1.82) is 0 Å². The average molecular weight is 488 g/mol. The maximum absolute atomic E-state index is 13.1. The van der Waals surface area contributed by atoms with Crippen molar-refractivity contribution in [3.8, 4) is 0 Å². The van der Waals surface area contributed by atoms with Gasteiger partial charge in [-0.2, -0.15) is 4.31 Å². The van der Waals surface area contributed by atoms with Crippen LogP contribution in [0.1, 0.15) is 44.9 Å². The minimum Gasteiger partial charge on any atom is -0.335 e. The van der Waals surface area contributed by atoms with Crippen LogP contribution in [0.15, 0.2) is 28.3 Å². The molecule has 1 aromatic heterocycles. The van der Waals surface area contributed by atoms with E-state index < -0.39 is 19.9 Å². The summed E-state index contributed by atoms with van der Waals surface area (Å²) in [5.41, 5.74) is 0. The highest BCUT2D eigenvalue weighted by Gasteiger charge is 2.38. The SMILES string of the molecule is O=C(CSc1ccc(S(=O)(=O)N2CCCC2)cn1)N(C1CCCC1)[C@@H]1CCS(=O)(=O)C1. The minimum atomic E-state index is -3.50. The first-order valence-electron chi connectivity index (χ1n) is 10.9. The van der Waals surface area contributed by atoms with Crippen LogP contribution in [0.2, 0.25) is 0 Å². The van der Waals surface area contributed by atoms with Gasteiger partial charge in [0.2, 0.25) is 15.9 Å². The molecule has 31 heavy (non-hydrogen) atoms. The van der Waals surface area contributed by atoms with Crippen molar-refractivity contribution >= 4 is 37.5 Å². The molecule has 3 heterocycles. The molecule has 2 saturated heterocycles. The molecule has 0 spiro atoms. The minimum absolute atomic E-state index is 0.0568. The van der Waals surface area contributed by atoms with Gasteiger partial charge in [-0.25, -0.2) is 21.8 Å². The van der Waals surface area contributed by atoms with E-state index in [1.54, 1.807) is 12.1 Å². The third kappa shape index (κ3) is 5.26. The summed E-state index contributed by atoms with van der Waals surface area (Å²) in [6.07, 6.45) is 7.61. The van der Waals surface area contributed by atoms with E-state index in [0.717, 1.165) is 38.5 Å². The van der Waals surface area contributed by atoms with Crippen molar-refractivity contribution in [3.63, 3.8) is 0 Å². The smallest absolute Gasteiger partial charge is 0.244 e. The normalized spacial score (nSPS) is 24.6. The molecule has 4 rings (SSSR count). The molecule has 172 valence electrons. The zero-order valence-electron chi connectivity index (χ0n) is 17.5. The lowest BCUT2D eigenvalue weighted by Crippen LogP contribution is -2.47. The van der Waals surface area contributed by atoms with Crippen molar-refractivity contribution in [2.45, 2.75) is 67.0 Å². The van der Waals surface area contributed by atoms with Crippen LogP contribution >= 0.6 is 11.8 Å². The monoisotopic (exact) mass is 487 g/mol. The van der Waals surface area contributed by atoms with Crippen LogP contribution < -0.4 is 0 Å². The van der Waals surface area contributed by atoms with Crippen LogP contribution in [-0.4, -0.2) is 79.4 Å². The Morgan fingerprint density at radius 1 is 1.10 bits per heavy atom. The van der Waals surface area contributed by atoms with E-state index >= 15 is 0 Å². The summed E-state index contributed by atoms with van der Waals surface area (Å²) in [6, 6.07) is 3.07. The molecule has 2 aliphatic heterocycles. The van der Waals surface area contributed by atoms with Gasteiger partial charge in [0, 0.05) is 31.4 Å². The van der Waals surface area contributed by atoms with Gasteiger partial charge in [0.1, 0.15) is 4.90 Å². The molecule has 11 heteroatoms. The van der Waals surface area contributed by atoms with E-state index in [0.29, 0.717) is 24.5 Å². The molecular weight excluding hydrogens is 458 g/mol. The van der Waals surface area contributed by atoms with Gasteiger partial charge in [-0.15, -0.1) is 0 Å². The molecule has 0 aromatic carbocycles. The van der Waals surface area contributed by atoms with Gasteiger partial charge in [0.05, 0.1) is 22.3 Å². The molecule has 1 aromatic rings. The molecule has 0 radical (unpaired) electrons. The van der Waals surface area contributed by atoms with E-state index in [1.807, 2.05) is 4.90 Å². The van der Waals surface area contributed by atoms with Gasteiger partial charge in [-0.05, 0) is 44.2 Å². The number of carbonyl (C=O) groups is 1. The van der Waals surface area contributed by atoms with Gasteiger partial charge in [0.15, 0.2) is 9.84 Å². The number of sulfonamides is 1. The van der Waals surface area contributed by atoms with Crippen LogP contribution in [0.5, 0.6) is 0 Å². The molecule has 1 saturated carbocycles. The fourth-order valence-electron chi connectivity index (χ4n) is 4.78. The zero-order chi connectivity index (χ0) is 22.1. The number of pyridine rings is 1. The van der Waals surface area contributed by atoms with Crippen molar-refractivity contribution in [2.75, 3.05) is 30.3 Å². The molecule has 3 fully saturated rings. The average Bonchev–Trinajstić information content (AvgIpc) is 3.50. The Bertz CT molecular complexity index is 999. The largest absolute Gasteiger partial charge is 0.335 e. The molecular formula is C20H29N3O5S3. The van der Waals surface area contributed by atoms with Gasteiger partial charge >= 0.3 is 0 Å². The predicted octanol–water partition coefficient (Wildman–Crippen LogP) is 1.92. The lowest BCUT2D eigenvalue weighted by atomic mass is 10.1. The van der Waals surface area contributed by atoms with Crippen molar-refractivity contribution in [1.82, 2.24) is 14.2 Å². The zero-order valence-corrected chi connectivity index (χ0v) is 19.9. The van der Waals surface area contributed by atoms with E-state index in [1.165, 1.54) is 22.3 Å². The second kappa shape index (κ2) is 9.36. The van der Waals surface area contributed by atoms with Gasteiger partial charge in [0.25, 0.3) is 0 Å². The number of rotatable bonds is 7. The Morgan fingerprint density at radius 2 is 1.81 bits per heavy atom. The number of sulfone groups is 1. The number of hydrogen-bond donors (Lipinski definition) is 0. The Hall–Kier alpha value is -1.17. The first-order chi connectivity index (χ1) is 14.8. The topological polar surface area (TPSA) is 105 Å². The number of nitrogens with zero attached hydrogens (tertiary/aromatic N) is 3. The second-order valence-corrected chi connectivity index (χ2v) is 13.7. The molecule has 1 atom stereocenters. The van der Waals surface area contributed by atoms with Crippen LogP contribution in [-0.2, 0) is 24.7 Å². The van der Waals surface area contributed by atoms with Gasteiger partial charge < -0.3 is 4.90 Å². The fourth-order valence-corrected chi connectivity index (χ4v) is 8.66. The maximum atomic E-state index is 13.1. The van der Waals surface area contributed by atoms with Crippen LogP contribution in [0.4, 0.5) is 0 Å². The number of hydrogen-bond acceptors (Lipinski definition) is 7. The van der Waals surface area contributed by atoms with E-state index in [2.05, 4.69) is 4.98 Å². The predicted molar refractivity (Wildman–Crippen MR) is 119 cm³/mol. The van der Waals surface area contributed by atoms with Gasteiger partial charge in [-0.3, -0.25) is 4.79 Å². The quantitative estimate of drug-likeness (QED) is 0.541. The Labute approximate surface area is 188 Å². The van der Waals surface area contributed by atoms with E-state index in [9.17, 15) is 21.6 Å². The third-order valence-corrected chi connectivity index (χ3v) is 10.9. The van der Waals surface area contributed by atoms with Crippen LogP contribution in [0.3, 0.4) is 0 Å². The second-order valence-electron chi connectivity index (χ2n) is 8.53. The highest BCUT2D eigenvalue weighted by Crippen LogP contribution is 2.30. The highest BCUT2D eigenvalue weighted by atomic mass is 32.2. The van der Waals surface area contributed by atoms with Crippen LogP contribution in [0.25, 0.3) is 0 Å². The van der Waals surface area contributed by atoms with Crippen molar-refractivity contribution < 1.29 is 21.6 Å². The number of thioether (sulfide) groups is 1. The number of carbonyl (C=O) groups excluding carboxylic acids is 1. The number of aromatic nitrogens is 1. The van der Waals surface area contributed by atoms with Crippen molar-refractivity contribution in [2.24, 2.45) is 0 Å². The maximum Gasteiger partial charge on any atom is 0.244 e. The summed E-state index contributed by atoms with van der Waals surface area (Å²) in [5, 5.41) is 0.583. The first kappa shape index (κ1) is 23.0.